The molecule has 1 saturated carbocycles. The van der Waals surface area contributed by atoms with Gasteiger partial charge in [0.2, 0.25) is 11.8 Å². The van der Waals surface area contributed by atoms with E-state index in [1.807, 2.05) is 17.2 Å². The van der Waals surface area contributed by atoms with Gasteiger partial charge in [0.05, 0.1) is 6.04 Å². The summed E-state index contributed by atoms with van der Waals surface area (Å²) in [5, 5.41) is 2.05. The summed E-state index contributed by atoms with van der Waals surface area (Å²) in [6, 6.07) is 8.44. The Morgan fingerprint density at radius 1 is 1.22 bits per heavy atom. The van der Waals surface area contributed by atoms with Crippen LogP contribution in [0.15, 0.2) is 35.7 Å². The molecule has 2 amide bonds. The van der Waals surface area contributed by atoms with Crippen molar-refractivity contribution in [2.75, 3.05) is 13.1 Å². The minimum atomic E-state index is -0.286. The van der Waals surface area contributed by atoms with Crippen LogP contribution in [0, 0.1) is 5.82 Å². The number of thiophene rings is 1. The molecule has 4 nitrogen and oxygen atoms in total. The average Bonchev–Trinajstić information content (AvgIpc) is 3.41. The zero-order valence-electron chi connectivity index (χ0n) is 15.4. The van der Waals surface area contributed by atoms with E-state index in [0.29, 0.717) is 13.0 Å². The van der Waals surface area contributed by atoms with Gasteiger partial charge in [-0.3, -0.25) is 9.59 Å². The van der Waals surface area contributed by atoms with Crippen molar-refractivity contribution < 1.29 is 14.0 Å². The van der Waals surface area contributed by atoms with Crippen LogP contribution < -0.4 is 0 Å². The standard InChI is InChI=1S/C21H23FN2O2S/c1-2-19(25)24(16-7-8-16)13-20(26)23-11-9-18-17(10-12-27-18)21(23)14-3-5-15(22)6-4-14/h3-6,10,12,16,21H,2,7-9,11,13H2,1H3. The smallest absolute Gasteiger partial charge is 0.243 e. The van der Waals surface area contributed by atoms with Crippen LogP contribution in [0.1, 0.15) is 48.2 Å². The fourth-order valence-corrected chi connectivity index (χ4v) is 4.74. The van der Waals surface area contributed by atoms with Gasteiger partial charge in [-0.2, -0.15) is 0 Å². The third kappa shape index (κ3) is 3.63. The summed E-state index contributed by atoms with van der Waals surface area (Å²) in [6.07, 6.45) is 3.20. The molecule has 4 rings (SSSR count). The predicted octanol–water partition coefficient (Wildman–Crippen LogP) is 3.76. The number of benzene rings is 1. The van der Waals surface area contributed by atoms with E-state index in [4.69, 9.17) is 0 Å². The molecule has 1 aliphatic carbocycles. The second-order valence-corrected chi connectivity index (χ2v) is 8.20. The molecular formula is C21H23FN2O2S. The minimum absolute atomic E-state index is 0.0325. The summed E-state index contributed by atoms with van der Waals surface area (Å²) >= 11 is 1.70. The summed E-state index contributed by atoms with van der Waals surface area (Å²) in [5.41, 5.74) is 2.02. The van der Waals surface area contributed by atoms with Crippen molar-refractivity contribution in [2.45, 2.75) is 44.7 Å². The lowest BCUT2D eigenvalue weighted by Crippen LogP contribution is -2.47. The Morgan fingerprint density at radius 2 is 1.96 bits per heavy atom. The van der Waals surface area contributed by atoms with Crippen LogP contribution in [0.2, 0.25) is 0 Å². The van der Waals surface area contributed by atoms with Crippen LogP contribution in [-0.4, -0.2) is 40.7 Å². The highest BCUT2D eigenvalue weighted by Crippen LogP contribution is 2.38. The molecule has 1 unspecified atom stereocenters. The third-order valence-electron chi connectivity index (χ3n) is 5.39. The van der Waals surface area contributed by atoms with Gasteiger partial charge in [0.25, 0.3) is 0 Å². The number of carbonyl (C=O) groups is 2. The van der Waals surface area contributed by atoms with Crippen molar-refractivity contribution in [1.29, 1.82) is 0 Å². The number of rotatable bonds is 5. The van der Waals surface area contributed by atoms with Gasteiger partial charge in [0, 0.05) is 23.9 Å². The lowest BCUT2D eigenvalue weighted by molar-refractivity contribution is -0.142. The number of nitrogens with zero attached hydrogens (tertiary/aromatic N) is 2. The van der Waals surface area contributed by atoms with E-state index in [-0.39, 0.29) is 36.3 Å². The molecule has 0 spiro atoms. The topological polar surface area (TPSA) is 40.6 Å². The first kappa shape index (κ1) is 18.2. The van der Waals surface area contributed by atoms with E-state index >= 15 is 0 Å². The maximum absolute atomic E-state index is 13.4. The molecule has 27 heavy (non-hydrogen) atoms. The summed E-state index contributed by atoms with van der Waals surface area (Å²) in [4.78, 5) is 30.4. The van der Waals surface area contributed by atoms with E-state index in [1.54, 1.807) is 28.4 Å². The zero-order chi connectivity index (χ0) is 19.0. The monoisotopic (exact) mass is 386 g/mol. The molecule has 0 saturated heterocycles. The summed E-state index contributed by atoms with van der Waals surface area (Å²) in [5.74, 6) is -0.279. The fourth-order valence-electron chi connectivity index (χ4n) is 3.84. The summed E-state index contributed by atoms with van der Waals surface area (Å²) in [6.45, 7) is 2.59. The van der Waals surface area contributed by atoms with E-state index in [9.17, 15) is 14.0 Å². The molecule has 1 fully saturated rings. The van der Waals surface area contributed by atoms with E-state index < -0.39 is 0 Å². The largest absolute Gasteiger partial charge is 0.330 e. The highest BCUT2D eigenvalue weighted by atomic mass is 32.1. The minimum Gasteiger partial charge on any atom is -0.330 e. The summed E-state index contributed by atoms with van der Waals surface area (Å²) in [7, 11) is 0. The Morgan fingerprint density at radius 3 is 2.63 bits per heavy atom. The Hall–Kier alpha value is -2.21. The Bertz CT molecular complexity index is 844. The van der Waals surface area contributed by atoms with Crippen LogP contribution in [0.3, 0.4) is 0 Å². The maximum atomic E-state index is 13.4. The third-order valence-corrected chi connectivity index (χ3v) is 6.38. The van der Waals surface area contributed by atoms with Gasteiger partial charge in [-0.15, -0.1) is 11.3 Å². The van der Waals surface area contributed by atoms with E-state index in [2.05, 4.69) is 6.07 Å². The van der Waals surface area contributed by atoms with Gasteiger partial charge < -0.3 is 9.80 Å². The van der Waals surface area contributed by atoms with Gasteiger partial charge in [0.1, 0.15) is 12.4 Å². The Kier molecular flexibility index (Phi) is 5.00. The van der Waals surface area contributed by atoms with Gasteiger partial charge in [0.15, 0.2) is 0 Å². The van der Waals surface area contributed by atoms with Gasteiger partial charge in [-0.1, -0.05) is 19.1 Å². The molecule has 1 aromatic carbocycles. The fraction of sp³-hybridized carbons (Fsp3) is 0.429. The lowest BCUT2D eigenvalue weighted by Gasteiger charge is -2.37. The first-order valence-electron chi connectivity index (χ1n) is 9.49. The van der Waals surface area contributed by atoms with E-state index in [0.717, 1.165) is 30.4 Å². The van der Waals surface area contributed by atoms with Crippen molar-refractivity contribution in [2.24, 2.45) is 0 Å². The normalized spacial score (nSPS) is 18.9. The van der Waals surface area contributed by atoms with E-state index in [1.165, 1.54) is 17.0 Å². The highest BCUT2D eigenvalue weighted by molar-refractivity contribution is 7.10. The molecule has 2 heterocycles. The molecule has 142 valence electrons. The number of fused-ring (bicyclic) bond motifs is 1. The first-order chi connectivity index (χ1) is 13.1. The molecule has 2 aliphatic rings. The first-order valence-corrected chi connectivity index (χ1v) is 10.4. The van der Waals surface area contributed by atoms with Crippen LogP contribution in [0.5, 0.6) is 0 Å². The SMILES string of the molecule is CCC(=O)N(CC(=O)N1CCc2sccc2C1c1ccc(F)cc1)C1CC1. The van der Waals surface area contributed by atoms with Crippen molar-refractivity contribution >= 4 is 23.2 Å². The number of carbonyl (C=O) groups excluding carboxylic acids is 2. The van der Waals surface area contributed by atoms with Crippen molar-refractivity contribution in [1.82, 2.24) is 9.80 Å². The van der Waals surface area contributed by atoms with Crippen LogP contribution in [0.4, 0.5) is 4.39 Å². The van der Waals surface area contributed by atoms with Gasteiger partial charge in [-0.05, 0) is 54.0 Å². The lowest BCUT2D eigenvalue weighted by atomic mass is 9.93. The Labute approximate surface area is 162 Å². The number of hydrogen-bond acceptors (Lipinski definition) is 3. The molecule has 1 aromatic heterocycles. The molecule has 1 atom stereocenters. The maximum Gasteiger partial charge on any atom is 0.243 e. The predicted molar refractivity (Wildman–Crippen MR) is 103 cm³/mol. The molecule has 0 bridgehead atoms. The summed E-state index contributed by atoms with van der Waals surface area (Å²) < 4.78 is 13.4. The van der Waals surface area contributed by atoms with Gasteiger partial charge >= 0.3 is 0 Å². The van der Waals surface area contributed by atoms with Crippen LogP contribution >= 0.6 is 11.3 Å². The molecule has 2 aromatic rings. The van der Waals surface area contributed by atoms with Crippen molar-refractivity contribution in [3.8, 4) is 0 Å². The van der Waals surface area contributed by atoms with Crippen molar-refractivity contribution in [3.63, 3.8) is 0 Å². The zero-order valence-corrected chi connectivity index (χ0v) is 16.2. The highest BCUT2D eigenvalue weighted by Gasteiger charge is 2.37. The van der Waals surface area contributed by atoms with Crippen molar-refractivity contribution in [3.05, 3.63) is 57.5 Å². The molecule has 1 aliphatic heterocycles. The van der Waals surface area contributed by atoms with Gasteiger partial charge in [-0.25, -0.2) is 4.39 Å². The molecule has 6 heteroatoms. The van der Waals surface area contributed by atoms with Crippen LogP contribution in [-0.2, 0) is 16.0 Å². The Balaban J connectivity index is 1.62. The molecule has 0 N–H and O–H groups in total. The number of halogens is 1. The molecule has 0 radical (unpaired) electrons. The number of hydrogen-bond donors (Lipinski definition) is 0. The second-order valence-electron chi connectivity index (χ2n) is 7.20. The number of amides is 2. The van der Waals surface area contributed by atoms with Crippen LogP contribution in [0.25, 0.3) is 0 Å². The second kappa shape index (κ2) is 7.43. The average molecular weight is 386 g/mol. The quantitative estimate of drug-likeness (QED) is 0.785. The molecular weight excluding hydrogens is 363 g/mol.